The Morgan fingerprint density at radius 1 is 1.05 bits per heavy atom. The molecule has 1 aliphatic carbocycles. The van der Waals surface area contributed by atoms with Crippen LogP contribution in [0.1, 0.15) is 69.0 Å². The first-order valence-electron chi connectivity index (χ1n) is 12.6. The molecule has 0 unspecified atom stereocenters. The van der Waals surface area contributed by atoms with Crippen molar-refractivity contribution in [2.24, 2.45) is 5.10 Å². The first-order chi connectivity index (χ1) is 18.4. The molecule has 0 spiro atoms. The van der Waals surface area contributed by atoms with Crippen molar-refractivity contribution in [3.05, 3.63) is 81.2 Å². The van der Waals surface area contributed by atoms with E-state index in [0.717, 1.165) is 47.3 Å². The molecule has 0 saturated heterocycles. The van der Waals surface area contributed by atoms with Crippen LogP contribution in [-0.2, 0) is 22.4 Å². The van der Waals surface area contributed by atoms with Crippen molar-refractivity contribution in [1.29, 1.82) is 0 Å². The summed E-state index contributed by atoms with van der Waals surface area (Å²) >= 11 is 1.45. The van der Waals surface area contributed by atoms with Crippen LogP contribution in [0.25, 0.3) is 0 Å². The third-order valence-corrected chi connectivity index (χ3v) is 7.35. The molecule has 4 rings (SSSR count). The minimum atomic E-state index is -0.797. The smallest absolute Gasteiger partial charge is 0.341 e. The number of hydrazone groups is 1. The van der Waals surface area contributed by atoms with Crippen LogP contribution in [0.2, 0.25) is 0 Å². The SMILES string of the molecule is CCOC(=O)c1c(NC(=O)c2ccc(O[C@H](C)C(=O)N/N=C\c3ccc(C)cc3)cc2)sc2c1CCCC2. The van der Waals surface area contributed by atoms with Crippen LogP contribution in [0.3, 0.4) is 0 Å². The van der Waals surface area contributed by atoms with Crippen molar-refractivity contribution in [1.82, 2.24) is 5.43 Å². The molecule has 0 saturated carbocycles. The Bertz CT molecular complexity index is 1330. The first-order valence-corrected chi connectivity index (χ1v) is 13.5. The van der Waals surface area contributed by atoms with Crippen LogP contribution in [0, 0.1) is 6.92 Å². The normalized spacial score (nSPS) is 13.4. The highest BCUT2D eigenvalue weighted by atomic mass is 32.1. The standard InChI is InChI=1S/C29H31N3O5S/c1-4-36-29(35)25-23-7-5-6-8-24(23)38-28(25)31-27(34)21-13-15-22(16-14-21)37-19(3)26(33)32-30-17-20-11-9-18(2)10-12-20/h9-17,19H,4-8H2,1-3H3,(H,31,34)(H,32,33)/b30-17-/t19-/m1/s1. The van der Waals surface area contributed by atoms with E-state index >= 15 is 0 Å². The second-order valence-electron chi connectivity index (χ2n) is 9.02. The van der Waals surface area contributed by atoms with E-state index in [1.165, 1.54) is 11.3 Å². The number of anilines is 1. The van der Waals surface area contributed by atoms with E-state index in [9.17, 15) is 14.4 Å². The van der Waals surface area contributed by atoms with Crippen molar-refractivity contribution in [3.63, 3.8) is 0 Å². The number of carbonyl (C=O) groups excluding carboxylic acids is 3. The molecule has 2 aromatic carbocycles. The van der Waals surface area contributed by atoms with E-state index < -0.39 is 18.0 Å². The van der Waals surface area contributed by atoms with E-state index in [1.807, 2.05) is 31.2 Å². The fraction of sp³-hybridized carbons (Fsp3) is 0.310. The predicted octanol–water partition coefficient (Wildman–Crippen LogP) is 5.28. The number of amides is 2. The molecule has 3 aromatic rings. The molecule has 1 aliphatic rings. The summed E-state index contributed by atoms with van der Waals surface area (Å²) in [5.41, 5.74) is 6.36. The van der Waals surface area contributed by atoms with Gasteiger partial charge in [0.05, 0.1) is 18.4 Å². The van der Waals surface area contributed by atoms with Crippen molar-refractivity contribution < 1.29 is 23.9 Å². The Kier molecular flexibility index (Phi) is 8.91. The van der Waals surface area contributed by atoms with Crippen molar-refractivity contribution >= 4 is 40.3 Å². The molecule has 0 fully saturated rings. The lowest BCUT2D eigenvalue weighted by Gasteiger charge is -2.13. The Labute approximate surface area is 226 Å². The maximum atomic E-state index is 13.0. The molecule has 38 heavy (non-hydrogen) atoms. The summed E-state index contributed by atoms with van der Waals surface area (Å²) in [5.74, 6) is -0.702. The van der Waals surface area contributed by atoms with Crippen LogP contribution in [0.4, 0.5) is 5.00 Å². The monoisotopic (exact) mass is 533 g/mol. The zero-order valence-electron chi connectivity index (χ0n) is 21.7. The average Bonchev–Trinajstić information content (AvgIpc) is 3.28. The summed E-state index contributed by atoms with van der Waals surface area (Å²) in [7, 11) is 0. The molecule has 1 aromatic heterocycles. The van der Waals surface area contributed by atoms with Gasteiger partial charge < -0.3 is 14.8 Å². The van der Waals surface area contributed by atoms with Gasteiger partial charge in [-0.3, -0.25) is 9.59 Å². The topological polar surface area (TPSA) is 106 Å². The zero-order chi connectivity index (χ0) is 27.1. The quantitative estimate of drug-likeness (QED) is 0.221. The second kappa shape index (κ2) is 12.5. The van der Waals surface area contributed by atoms with Gasteiger partial charge in [-0.05, 0) is 81.8 Å². The van der Waals surface area contributed by atoms with Gasteiger partial charge in [-0.2, -0.15) is 5.10 Å². The van der Waals surface area contributed by atoms with Gasteiger partial charge in [0.25, 0.3) is 11.8 Å². The van der Waals surface area contributed by atoms with E-state index in [1.54, 1.807) is 44.3 Å². The van der Waals surface area contributed by atoms with Crippen LogP contribution in [0.5, 0.6) is 5.75 Å². The molecule has 2 N–H and O–H groups in total. The number of thiophene rings is 1. The van der Waals surface area contributed by atoms with E-state index in [4.69, 9.17) is 9.47 Å². The predicted molar refractivity (Wildman–Crippen MR) is 148 cm³/mol. The van der Waals surface area contributed by atoms with Crippen LogP contribution in [0.15, 0.2) is 53.6 Å². The largest absolute Gasteiger partial charge is 0.481 e. The Balaban J connectivity index is 1.36. The number of nitrogens with one attached hydrogen (secondary N) is 2. The number of benzene rings is 2. The molecule has 2 amide bonds. The molecule has 8 nitrogen and oxygen atoms in total. The van der Waals surface area contributed by atoms with Gasteiger partial charge in [-0.25, -0.2) is 10.2 Å². The highest BCUT2D eigenvalue weighted by Gasteiger charge is 2.27. The third kappa shape index (κ3) is 6.66. The van der Waals surface area contributed by atoms with Gasteiger partial charge in [-0.15, -0.1) is 11.3 Å². The van der Waals surface area contributed by atoms with Gasteiger partial charge in [0, 0.05) is 10.4 Å². The Hall–Kier alpha value is -3.98. The summed E-state index contributed by atoms with van der Waals surface area (Å²) < 4.78 is 11.0. The van der Waals surface area contributed by atoms with E-state index in [2.05, 4.69) is 15.8 Å². The van der Waals surface area contributed by atoms with E-state index in [0.29, 0.717) is 21.9 Å². The maximum absolute atomic E-state index is 13.0. The number of hydrogen-bond donors (Lipinski definition) is 2. The fourth-order valence-electron chi connectivity index (χ4n) is 4.10. The number of carbonyl (C=O) groups is 3. The van der Waals surface area contributed by atoms with Gasteiger partial charge in [0.15, 0.2) is 6.10 Å². The third-order valence-electron chi connectivity index (χ3n) is 6.14. The molecule has 0 aliphatic heterocycles. The van der Waals surface area contributed by atoms with Gasteiger partial charge in [0.1, 0.15) is 10.8 Å². The fourth-order valence-corrected chi connectivity index (χ4v) is 5.38. The molecular formula is C29H31N3O5S. The zero-order valence-corrected chi connectivity index (χ0v) is 22.5. The maximum Gasteiger partial charge on any atom is 0.341 e. The van der Waals surface area contributed by atoms with Gasteiger partial charge in [-0.1, -0.05) is 29.8 Å². The number of hydrogen-bond acceptors (Lipinski definition) is 7. The minimum absolute atomic E-state index is 0.272. The first kappa shape index (κ1) is 27.1. The Morgan fingerprint density at radius 3 is 2.47 bits per heavy atom. The van der Waals surface area contributed by atoms with Gasteiger partial charge in [0.2, 0.25) is 0 Å². The minimum Gasteiger partial charge on any atom is -0.481 e. The number of fused-ring (bicyclic) bond motifs is 1. The highest BCUT2D eigenvalue weighted by Crippen LogP contribution is 2.38. The van der Waals surface area contributed by atoms with Gasteiger partial charge >= 0.3 is 5.97 Å². The highest BCUT2D eigenvalue weighted by molar-refractivity contribution is 7.17. The van der Waals surface area contributed by atoms with E-state index in [-0.39, 0.29) is 12.5 Å². The number of nitrogens with zero attached hydrogens (tertiary/aromatic N) is 1. The van der Waals surface area contributed by atoms with Crippen LogP contribution >= 0.6 is 11.3 Å². The average molecular weight is 534 g/mol. The van der Waals surface area contributed by atoms with Crippen molar-refractivity contribution in [2.45, 2.75) is 52.6 Å². The summed E-state index contributed by atoms with van der Waals surface area (Å²) in [5, 5.41) is 7.40. The number of rotatable bonds is 9. The number of aryl methyl sites for hydroxylation is 2. The van der Waals surface area contributed by atoms with Crippen molar-refractivity contribution in [2.75, 3.05) is 11.9 Å². The lowest BCUT2D eigenvalue weighted by Crippen LogP contribution is -2.33. The summed E-state index contributed by atoms with van der Waals surface area (Å²) in [6.45, 7) is 5.65. The molecular weight excluding hydrogens is 502 g/mol. The molecule has 1 atom stereocenters. The van der Waals surface area contributed by atoms with Crippen LogP contribution in [-0.4, -0.2) is 36.7 Å². The number of ether oxygens (including phenoxy) is 2. The van der Waals surface area contributed by atoms with Crippen LogP contribution < -0.4 is 15.5 Å². The molecule has 0 radical (unpaired) electrons. The second-order valence-corrected chi connectivity index (χ2v) is 10.1. The molecule has 0 bridgehead atoms. The Morgan fingerprint density at radius 2 is 1.76 bits per heavy atom. The lowest BCUT2D eigenvalue weighted by molar-refractivity contribution is -0.127. The lowest BCUT2D eigenvalue weighted by atomic mass is 9.95. The summed E-state index contributed by atoms with van der Waals surface area (Å²) in [4.78, 5) is 39.1. The number of esters is 1. The molecule has 1 heterocycles. The summed E-state index contributed by atoms with van der Waals surface area (Å²) in [6.07, 6.45) is 4.56. The van der Waals surface area contributed by atoms with Crippen molar-refractivity contribution in [3.8, 4) is 5.75 Å². The molecule has 9 heteroatoms. The molecule has 198 valence electrons. The summed E-state index contributed by atoms with van der Waals surface area (Å²) in [6, 6.07) is 14.2.